The molecule has 0 fully saturated rings. The van der Waals surface area contributed by atoms with Crippen LogP contribution in [0.5, 0.6) is 0 Å². The second-order valence-corrected chi connectivity index (χ2v) is 6.38. The van der Waals surface area contributed by atoms with Crippen LogP contribution in [0.2, 0.25) is 0 Å². The fourth-order valence-electron chi connectivity index (χ4n) is 2.16. The maximum Gasteiger partial charge on any atom is 0.303 e. The van der Waals surface area contributed by atoms with Crippen molar-refractivity contribution in [2.24, 2.45) is 0 Å². The van der Waals surface area contributed by atoms with Crippen LogP contribution in [0.3, 0.4) is 0 Å². The van der Waals surface area contributed by atoms with Gasteiger partial charge in [-0.05, 0) is 36.3 Å². The smallest absolute Gasteiger partial charge is 0.303 e. The first-order valence-corrected chi connectivity index (χ1v) is 8.89. The maximum absolute atomic E-state index is 9.60. The lowest BCUT2D eigenvalue weighted by molar-refractivity contribution is -0.137. The zero-order chi connectivity index (χ0) is 18.1. The van der Waals surface area contributed by atoms with E-state index >= 15 is 0 Å². The lowest BCUT2D eigenvalue weighted by Crippen LogP contribution is -1.90. The van der Waals surface area contributed by atoms with E-state index in [0.717, 1.165) is 27.5 Å². The molecule has 1 N–H and O–H groups in total. The topological polar surface area (TPSA) is 50.2 Å². The number of rotatable bonds is 4. The average molecular weight is 398 g/mol. The minimum Gasteiger partial charge on any atom is -0.481 e. The van der Waals surface area contributed by atoms with Crippen molar-refractivity contribution in [1.82, 2.24) is 4.98 Å². The van der Waals surface area contributed by atoms with Crippen LogP contribution in [0.25, 0.3) is 23.1 Å². The summed E-state index contributed by atoms with van der Waals surface area (Å²) in [6.45, 7) is 1.84. The normalized spacial score (nSPS) is 10.5. The van der Waals surface area contributed by atoms with Gasteiger partial charge in [0, 0.05) is 16.3 Å². The molecule has 0 bridgehead atoms. The summed E-state index contributed by atoms with van der Waals surface area (Å²) in [5, 5.41) is 9.07. The van der Waals surface area contributed by atoms with Crippen molar-refractivity contribution in [2.75, 3.05) is 0 Å². The third kappa shape index (κ3) is 6.51. The first-order valence-electron chi connectivity index (χ1n) is 8.09. The predicted octanol–water partition coefficient (Wildman–Crippen LogP) is 6.04. The van der Waals surface area contributed by atoms with Crippen LogP contribution in [0.4, 0.5) is 0 Å². The summed E-state index contributed by atoms with van der Waals surface area (Å²) in [6, 6.07) is 20.5. The standard InChI is InChI=1S/C17H12BrN.C4H8O2/c18-15-9-7-14-8-11-16(19-17(14)12-15)10-6-13-4-2-1-3-5-13;1-2-3-4(5)6/h1-12H;2-3H2,1H3,(H,5,6). The van der Waals surface area contributed by atoms with Crippen molar-refractivity contribution in [3.63, 3.8) is 0 Å². The molecule has 25 heavy (non-hydrogen) atoms. The van der Waals surface area contributed by atoms with Crippen molar-refractivity contribution in [1.29, 1.82) is 0 Å². The van der Waals surface area contributed by atoms with Gasteiger partial charge >= 0.3 is 5.97 Å². The fraction of sp³-hybridized carbons (Fsp3) is 0.143. The summed E-state index contributed by atoms with van der Waals surface area (Å²) in [6.07, 6.45) is 5.14. The third-order valence-electron chi connectivity index (χ3n) is 3.39. The molecule has 1 heterocycles. The molecular weight excluding hydrogens is 378 g/mol. The molecule has 0 spiro atoms. The van der Waals surface area contributed by atoms with Crippen LogP contribution >= 0.6 is 15.9 Å². The van der Waals surface area contributed by atoms with E-state index in [2.05, 4.69) is 51.3 Å². The Kier molecular flexibility index (Phi) is 7.36. The molecule has 0 amide bonds. The quantitative estimate of drug-likeness (QED) is 0.583. The molecule has 0 saturated carbocycles. The Morgan fingerprint density at radius 2 is 1.80 bits per heavy atom. The summed E-state index contributed by atoms with van der Waals surface area (Å²) < 4.78 is 1.05. The molecular formula is C21H20BrNO2. The average Bonchev–Trinajstić information content (AvgIpc) is 2.61. The third-order valence-corrected chi connectivity index (χ3v) is 3.88. The number of fused-ring (bicyclic) bond motifs is 1. The van der Waals surface area contributed by atoms with Crippen molar-refractivity contribution in [3.8, 4) is 0 Å². The summed E-state index contributed by atoms with van der Waals surface area (Å²) in [5.41, 5.74) is 3.15. The predicted molar refractivity (Wildman–Crippen MR) is 107 cm³/mol. The highest BCUT2D eigenvalue weighted by atomic mass is 79.9. The molecule has 0 aliphatic carbocycles. The van der Waals surface area contributed by atoms with E-state index in [1.54, 1.807) is 0 Å². The molecule has 0 atom stereocenters. The van der Waals surface area contributed by atoms with Crippen molar-refractivity contribution >= 4 is 45.0 Å². The lowest BCUT2D eigenvalue weighted by Gasteiger charge is -2.00. The molecule has 0 aliphatic heterocycles. The lowest BCUT2D eigenvalue weighted by atomic mass is 10.1. The SMILES string of the molecule is Brc1ccc2ccc(C=Cc3ccccc3)nc2c1.CCCC(=O)O. The van der Waals surface area contributed by atoms with Gasteiger partial charge in [-0.15, -0.1) is 0 Å². The van der Waals surface area contributed by atoms with Crippen LogP contribution in [0.1, 0.15) is 31.0 Å². The molecule has 0 unspecified atom stereocenters. The monoisotopic (exact) mass is 397 g/mol. The van der Waals surface area contributed by atoms with Gasteiger partial charge in [-0.25, -0.2) is 4.98 Å². The van der Waals surface area contributed by atoms with E-state index in [0.29, 0.717) is 6.42 Å². The van der Waals surface area contributed by atoms with Crippen LogP contribution in [-0.2, 0) is 4.79 Å². The molecule has 128 valence electrons. The summed E-state index contributed by atoms with van der Waals surface area (Å²) in [4.78, 5) is 14.2. The molecule has 3 nitrogen and oxygen atoms in total. The van der Waals surface area contributed by atoms with E-state index in [1.807, 2.05) is 49.4 Å². The van der Waals surface area contributed by atoms with E-state index in [-0.39, 0.29) is 0 Å². The molecule has 2 aromatic carbocycles. The Hall–Kier alpha value is -2.46. The second-order valence-electron chi connectivity index (χ2n) is 5.46. The molecule has 3 aromatic rings. The van der Waals surface area contributed by atoms with Gasteiger partial charge < -0.3 is 5.11 Å². The van der Waals surface area contributed by atoms with Crippen LogP contribution < -0.4 is 0 Å². The highest BCUT2D eigenvalue weighted by molar-refractivity contribution is 9.10. The van der Waals surface area contributed by atoms with Gasteiger partial charge in [0.1, 0.15) is 0 Å². The van der Waals surface area contributed by atoms with Crippen molar-refractivity contribution in [3.05, 3.63) is 76.4 Å². The number of pyridine rings is 1. The molecule has 4 heteroatoms. The number of carboxylic acids is 1. The van der Waals surface area contributed by atoms with Gasteiger partial charge in [-0.1, -0.05) is 71.4 Å². The highest BCUT2D eigenvalue weighted by Gasteiger charge is 1.97. The van der Waals surface area contributed by atoms with Gasteiger partial charge in [-0.3, -0.25) is 4.79 Å². The minimum atomic E-state index is -0.711. The van der Waals surface area contributed by atoms with Crippen LogP contribution in [0, 0.1) is 0 Å². The number of benzene rings is 2. The Labute approximate surface area is 156 Å². The number of carboxylic acid groups (broad SMARTS) is 1. The van der Waals surface area contributed by atoms with E-state index < -0.39 is 5.97 Å². The fourth-order valence-corrected chi connectivity index (χ4v) is 2.51. The molecule has 3 rings (SSSR count). The Morgan fingerprint density at radius 3 is 2.44 bits per heavy atom. The van der Waals surface area contributed by atoms with Crippen LogP contribution in [-0.4, -0.2) is 16.1 Å². The number of hydrogen-bond acceptors (Lipinski definition) is 2. The second kappa shape index (κ2) is 9.74. The minimum absolute atomic E-state index is 0.292. The van der Waals surface area contributed by atoms with Gasteiger partial charge in [0.25, 0.3) is 0 Å². The van der Waals surface area contributed by atoms with Crippen molar-refractivity contribution in [2.45, 2.75) is 19.8 Å². The first-order chi connectivity index (χ1) is 12.1. The zero-order valence-electron chi connectivity index (χ0n) is 14.0. The number of halogens is 1. The number of hydrogen-bond donors (Lipinski definition) is 1. The summed E-state index contributed by atoms with van der Waals surface area (Å²) in [5.74, 6) is -0.711. The summed E-state index contributed by atoms with van der Waals surface area (Å²) >= 11 is 3.47. The number of carbonyl (C=O) groups is 1. The Bertz CT molecular complexity index is 860. The maximum atomic E-state index is 9.60. The van der Waals surface area contributed by atoms with E-state index in [4.69, 9.17) is 5.11 Å². The number of nitrogens with zero attached hydrogens (tertiary/aromatic N) is 1. The Balaban J connectivity index is 0.000000326. The number of aromatic nitrogens is 1. The van der Waals surface area contributed by atoms with Gasteiger partial charge in [-0.2, -0.15) is 0 Å². The largest absolute Gasteiger partial charge is 0.481 e. The first kappa shape index (κ1) is 18.9. The summed E-state index contributed by atoms with van der Waals surface area (Å²) in [7, 11) is 0. The van der Waals surface area contributed by atoms with Gasteiger partial charge in [0.15, 0.2) is 0 Å². The van der Waals surface area contributed by atoms with Crippen LogP contribution in [0.15, 0.2) is 65.1 Å². The highest BCUT2D eigenvalue weighted by Crippen LogP contribution is 2.19. The van der Waals surface area contributed by atoms with Crippen molar-refractivity contribution < 1.29 is 9.90 Å². The van der Waals surface area contributed by atoms with E-state index in [1.165, 1.54) is 5.56 Å². The molecule has 1 aromatic heterocycles. The number of aliphatic carboxylic acids is 1. The van der Waals surface area contributed by atoms with Gasteiger partial charge in [0.05, 0.1) is 11.2 Å². The zero-order valence-corrected chi connectivity index (χ0v) is 15.6. The Morgan fingerprint density at radius 1 is 1.08 bits per heavy atom. The molecule has 0 aliphatic rings. The van der Waals surface area contributed by atoms with Gasteiger partial charge in [0.2, 0.25) is 0 Å². The molecule has 0 radical (unpaired) electrons. The molecule has 0 saturated heterocycles. The van der Waals surface area contributed by atoms with E-state index in [9.17, 15) is 4.79 Å².